The summed E-state index contributed by atoms with van der Waals surface area (Å²) in [5, 5.41) is 3.11. The number of rotatable bonds is 2. The Hall–Kier alpha value is -1.39. The summed E-state index contributed by atoms with van der Waals surface area (Å²) in [4.78, 5) is 16.0. The molecule has 2 aromatic rings. The van der Waals surface area contributed by atoms with E-state index in [9.17, 15) is 4.79 Å². The number of nitrogens with zero attached hydrogens (tertiary/aromatic N) is 1. The van der Waals surface area contributed by atoms with Gasteiger partial charge in [0.1, 0.15) is 5.15 Å². The second-order valence-corrected chi connectivity index (χ2v) is 5.08. The van der Waals surface area contributed by atoms with Gasteiger partial charge in [-0.15, -0.1) is 0 Å². The Morgan fingerprint density at radius 2 is 1.94 bits per heavy atom. The van der Waals surface area contributed by atoms with E-state index in [0.717, 1.165) is 10.2 Å². The van der Waals surface area contributed by atoms with E-state index >= 15 is 0 Å². The van der Waals surface area contributed by atoms with Gasteiger partial charge in [-0.1, -0.05) is 27.5 Å². The number of anilines is 1. The highest BCUT2D eigenvalue weighted by Gasteiger charge is 2.08. The first-order valence-electron chi connectivity index (χ1n) is 5.26. The van der Waals surface area contributed by atoms with Crippen LogP contribution >= 0.6 is 27.5 Å². The first-order valence-corrected chi connectivity index (χ1v) is 6.43. The molecule has 1 amide bonds. The number of amides is 1. The van der Waals surface area contributed by atoms with E-state index in [2.05, 4.69) is 26.2 Å². The predicted molar refractivity (Wildman–Crippen MR) is 76.1 cm³/mol. The van der Waals surface area contributed by atoms with Crippen molar-refractivity contribution in [2.75, 3.05) is 5.32 Å². The van der Waals surface area contributed by atoms with E-state index in [-0.39, 0.29) is 5.91 Å². The second-order valence-electron chi connectivity index (χ2n) is 3.78. The molecule has 1 aromatic heterocycles. The van der Waals surface area contributed by atoms with Crippen molar-refractivity contribution in [3.8, 4) is 0 Å². The molecule has 1 heterocycles. The molecular weight excluding hydrogens is 316 g/mol. The summed E-state index contributed by atoms with van der Waals surface area (Å²) < 4.78 is 0.961. The molecule has 0 spiro atoms. The summed E-state index contributed by atoms with van der Waals surface area (Å²) in [7, 11) is 0. The van der Waals surface area contributed by atoms with Gasteiger partial charge < -0.3 is 5.32 Å². The Morgan fingerprint density at radius 1 is 1.28 bits per heavy atom. The van der Waals surface area contributed by atoms with Crippen molar-refractivity contribution < 1.29 is 4.79 Å². The van der Waals surface area contributed by atoms with Gasteiger partial charge in [-0.05, 0) is 43.3 Å². The molecule has 0 fully saturated rings. The van der Waals surface area contributed by atoms with Gasteiger partial charge in [0.15, 0.2) is 0 Å². The number of pyridine rings is 1. The fourth-order valence-electron chi connectivity index (χ4n) is 1.50. The van der Waals surface area contributed by atoms with Crippen LogP contribution in [0.1, 0.15) is 16.1 Å². The first kappa shape index (κ1) is 13.1. The summed E-state index contributed by atoms with van der Waals surface area (Å²) in [6, 6.07) is 10.6. The van der Waals surface area contributed by atoms with Crippen LogP contribution in [0.5, 0.6) is 0 Å². The average molecular weight is 326 g/mol. The van der Waals surface area contributed by atoms with E-state index < -0.39 is 0 Å². The number of aromatic nitrogens is 1. The van der Waals surface area contributed by atoms with Crippen LogP contribution in [0.15, 0.2) is 40.9 Å². The minimum absolute atomic E-state index is 0.204. The normalized spacial score (nSPS) is 10.2. The molecule has 1 aromatic carbocycles. The van der Waals surface area contributed by atoms with Crippen molar-refractivity contribution in [3.05, 3.63) is 57.3 Å². The fraction of sp³-hybridized carbons (Fsp3) is 0.0769. The molecule has 2 rings (SSSR count). The van der Waals surface area contributed by atoms with E-state index in [1.54, 1.807) is 19.1 Å². The number of hydrogen-bond donors (Lipinski definition) is 1. The summed E-state index contributed by atoms with van der Waals surface area (Å²) >= 11 is 9.16. The van der Waals surface area contributed by atoms with Crippen molar-refractivity contribution in [3.63, 3.8) is 0 Å². The molecule has 0 aliphatic rings. The fourth-order valence-corrected chi connectivity index (χ4v) is 2.01. The molecular formula is C13H10BrClN2O. The van der Waals surface area contributed by atoms with Gasteiger partial charge in [0.05, 0.1) is 0 Å². The van der Waals surface area contributed by atoms with Crippen LogP contribution in [0.3, 0.4) is 0 Å². The highest BCUT2D eigenvalue weighted by atomic mass is 79.9. The lowest BCUT2D eigenvalue weighted by atomic mass is 10.2. The lowest BCUT2D eigenvalue weighted by molar-refractivity contribution is 0.102. The molecule has 0 bridgehead atoms. The lowest BCUT2D eigenvalue weighted by Gasteiger charge is -2.06. The second kappa shape index (κ2) is 5.50. The lowest BCUT2D eigenvalue weighted by Crippen LogP contribution is -2.12. The maximum absolute atomic E-state index is 12.0. The van der Waals surface area contributed by atoms with Gasteiger partial charge in [-0.25, -0.2) is 4.98 Å². The SMILES string of the molecule is Cc1cc(C(=O)Nc2ccc(Br)cc2)cc(Cl)n1. The van der Waals surface area contributed by atoms with Gasteiger partial charge in [-0.2, -0.15) is 0 Å². The van der Waals surface area contributed by atoms with Crippen molar-refractivity contribution >= 4 is 39.1 Å². The van der Waals surface area contributed by atoms with Crippen LogP contribution in [0.4, 0.5) is 5.69 Å². The Kier molecular flexibility index (Phi) is 3.99. The van der Waals surface area contributed by atoms with E-state index in [1.807, 2.05) is 24.3 Å². The van der Waals surface area contributed by atoms with E-state index in [0.29, 0.717) is 16.4 Å². The molecule has 1 N–H and O–H groups in total. The van der Waals surface area contributed by atoms with Crippen LogP contribution in [-0.4, -0.2) is 10.9 Å². The summed E-state index contributed by atoms with van der Waals surface area (Å²) in [6.07, 6.45) is 0. The minimum Gasteiger partial charge on any atom is -0.322 e. The number of hydrogen-bond acceptors (Lipinski definition) is 2. The van der Waals surface area contributed by atoms with Gasteiger partial charge in [0.2, 0.25) is 0 Å². The van der Waals surface area contributed by atoms with Crippen molar-refractivity contribution in [2.24, 2.45) is 0 Å². The van der Waals surface area contributed by atoms with Crippen molar-refractivity contribution in [2.45, 2.75) is 6.92 Å². The average Bonchev–Trinajstić information content (AvgIpc) is 2.31. The molecule has 5 heteroatoms. The highest BCUT2D eigenvalue weighted by Crippen LogP contribution is 2.16. The van der Waals surface area contributed by atoms with Crippen molar-refractivity contribution in [1.29, 1.82) is 0 Å². The standard InChI is InChI=1S/C13H10BrClN2O/c1-8-6-9(7-12(15)16-8)13(18)17-11-4-2-10(14)3-5-11/h2-7H,1H3,(H,17,18). The zero-order valence-corrected chi connectivity index (χ0v) is 11.9. The third-order valence-corrected chi connectivity index (χ3v) is 3.01. The maximum Gasteiger partial charge on any atom is 0.255 e. The van der Waals surface area contributed by atoms with E-state index in [1.165, 1.54) is 0 Å². The quantitative estimate of drug-likeness (QED) is 0.846. The third kappa shape index (κ3) is 3.31. The first-order chi connectivity index (χ1) is 8.54. The Morgan fingerprint density at radius 3 is 2.56 bits per heavy atom. The Balaban J connectivity index is 2.19. The van der Waals surface area contributed by atoms with Gasteiger partial charge >= 0.3 is 0 Å². The molecule has 18 heavy (non-hydrogen) atoms. The number of carbonyl (C=O) groups is 1. The van der Waals surface area contributed by atoms with Crippen LogP contribution in [0.2, 0.25) is 5.15 Å². The number of carbonyl (C=O) groups excluding carboxylic acids is 1. The van der Waals surface area contributed by atoms with Gasteiger partial charge in [0.25, 0.3) is 5.91 Å². The molecule has 0 saturated carbocycles. The zero-order chi connectivity index (χ0) is 13.1. The minimum atomic E-state index is -0.204. The summed E-state index contributed by atoms with van der Waals surface area (Å²) in [6.45, 7) is 1.79. The largest absolute Gasteiger partial charge is 0.322 e. The topological polar surface area (TPSA) is 42.0 Å². The molecule has 0 aliphatic heterocycles. The van der Waals surface area contributed by atoms with Crippen LogP contribution in [0, 0.1) is 6.92 Å². The molecule has 3 nitrogen and oxygen atoms in total. The van der Waals surface area contributed by atoms with Crippen LogP contribution < -0.4 is 5.32 Å². The smallest absolute Gasteiger partial charge is 0.255 e. The summed E-state index contributed by atoms with van der Waals surface area (Å²) in [5.74, 6) is -0.204. The summed E-state index contributed by atoms with van der Waals surface area (Å²) in [5.41, 5.74) is 1.94. The number of nitrogens with one attached hydrogen (secondary N) is 1. The van der Waals surface area contributed by atoms with Gasteiger partial charge in [0, 0.05) is 21.4 Å². The molecule has 0 radical (unpaired) electrons. The number of benzene rings is 1. The van der Waals surface area contributed by atoms with E-state index in [4.69, 9.17) is 11.6 Å². The van der Waals surface area contributed by atoms with Crippen molar-refractivity contribution in [1.82, 2.24) is 4.98 Å². The molecule has 0 atom stereocenters. The highest BCUT2D eigenvalue weighted by molar-refractivity contribution is 9.10. The molecule has 0 aliphatic carbocycles. The zero-order valence-electron chi connectivity index (χ0n) is 9.58. The molecule has 92 valence electrons. The van der Waals surface area contributed by atoms with Crippen LogP contribution in [0.25, 0.3) is 0 Å². The predicted octanol–water partition coefficient (Wildman–Crippen LogP) is 4.06. The van der Waals surface area contributed by atoms with Crippen LogP contribution in [-0.2, 0) is 0 Å². The maximum atomic E-state index is 12.0. The molecule has 0 saturated heterocycles. The number of halogens is 2. The monoisotopic (exact) mass is 324 g/mol. The van der Waals surface area contributed by atoms with Gasteiger partial charge in [-0.3, -0.25) is 4.79 Å². The Bertz CT molecular complexity index is 564. The third-order valence-electron chi connectivity index (χ3n) is 2.29. The Labute approximate surface area is 118 Å². The number of aryl methyl sites for hydroxylation is 1. The molecule has 0 unspecified atom stereocenters.